The number of nitrogen functional groups attached to an aromatic ring is 1. The second-order valence-corrected chi connectivity index (χ2v) is 3.51. The summed E-state index contributed by atoms with van der Waals surface area (Å²) in [6.07, 6.45) is 1.47. The lowest BCUT2D eigenvalue weighted by atomic mass is 10.1. The Morgan fingerprint density at radius 3 is 2.76 bits per heavy atom. The van der Waals surface area contributed by atoms with Gasteiger partial charge in [0.25, 0.3) is 0 Å². The minimum absolute atomic E-state index is 0.131. The van der Waals surface area contributed by atoms with Crippen LogP contribution < -0.4 is 10.5 Å². The lowest BCUT2D eigenvalue weighted by Gasteiger charge is -2.12. The molecule has 0 saturated heterocycles. The summed E-state index contributed by atoms with van der Waals surface area (Å²) >= 11 is 0. The van der Waals surface area contributed by atoms with Crippen molar-refractivity contribution in [3.8, 4) is 17.0 Å². The zero-order valence-electron chi connectivity index (χ0n) is 9.08. The number of alkyl halides is 2. The highest BCUT2D eigenvalue weighted by Crippen LogP contribution is 2.33. The van der Waals surface area contributed by atoms with E-state index in [0.717, 1.165) is 0 Å². The Morgan fingerprint density at radius 1 is 1.41 bits per heavy atom. The van der Waals surface area contributed by atoms with Gasteiger partial charge in [-0.05, 0) is 18.6 Å². The van der Waals surface area contributed by atoms with Crippen molar-refractivity contribution in [1.29, 1.82) is 0 Å². The molecule has 2 aromatic rings. The molecule has 0 atom stereocenters. The summed E-state index contributed by atoms with van der Waals surface area (Å²) in [5.74, 6) is 0.357. The fraction of sp³-hybridized carbons (Fsp3) is 0.182. The van der Waals surface area contributed by atoms with Gasteiger partial charge in [0.2, 0.25) is 0 Å². The smallest absolute Gasteiger partial charge is 0.387 e. The number of rotatable bonds is 3. The average molecular weight is 239 g/mol. The normalized spacial score (nSPS) is 10.8. The zero-order chi connectivity index (χ0) is 12.4. The lowest BCUT2D eigenvalue weighted by Crippen LogP contribution is -2.04. The van der Waals surface area contributed by atoms with Gasteiger partial charge in [0.05, 0.1) is 11.9 Å². The molecule has 0 aliphatic heterocycles. The molecule has 1 aromatic heterocycles. The summed E-state index contributed by atoms with van der Waals surface area (Å²) in [6.45, 7) is -1.17. The molecule has 2 rings (SSSR count). The molecule has 0 radical (unpaired) electrons. The number of nitrogens with one attached hydrogen (secondary N) is 1. The van der Waals surface area contributed by atoms with Crippen LogP contribution in [0.2, 0.25) is 0 Å². The molecule has 0 aliphatic carbocycles. The van der Waals surface area contributed by atoms with Crippen LogP contribution in [0.4, 0.5) is 14.7 Å². The Bertz CT molecular complexity index is 525. The van der Waals surface area contributed by atoms with Crippen molar-refractivity contribution in [3.63, 3.8) is 0 Å². The largest absolute Gasteiger partial charge is 0.434 e. The molecule has 3 N–H and O–H groups in total. The minimum atomic E-state index is -2.87. The van der Waals surface area contributed by atoms with Gasteiger partial charge in [-0.25, -0.2) is 4.98 Å². The van der Waals surface area contributed by atoms with Crippen molar-refractivity contribution in [1.82, 2.24) is 9.97 Å². The van der Waals surface area contributed by atoms with Crippen molar-refractivity contribution in [3.05, 3.63) is 30.0 Å². The highest BCUT2D eigenvalue weighted by molar-refractivity contribution is 5.69. The topological polar surface area (TPSA) is 63.9 Å². The number of halogens is 2. The van der Waals surface area contributed by atoms with E-state index in [1.54, 1.807) is 25.1 Å². The number of para-hydroxylation sites is 1. The predicted molar refractivity (Wildman–Crippen MR) is 59.8 cm³/mol. The summed E-state index contributed by atoms with van der Waals surface area (Å²) < 4.78 is 29.2. The van der Waals surface area contributed by atoms with Gasteiger partial charge in [-0.15, -0.1) is 0 Å². The van der Waals surface area contributed by atoms with E-state index in [2.05, 4.69) is 14.7 Å². The summed E-state index contributed by atoms with van der Waals surface area (Å²) in [7, 11) is 0. The van der Waals surface area contributed by atoms with Crippen molar-refractivity contribution in [2.45, 2.75) is 13.5 Å². The second-order valence-electron chi connectivity index (χ2n) is 3.51. The second kappa shape index (κ2) is 4.40. The number of nitrogens with zero attached hydrogens (tertiary/aromatic N) is 1. The van der Waals surface area contributed by atoms with Crippen LogP contribution in [0.25, 0.3) is 11.3 Å². The molecule has 6 heteroatoms. The maximum Gasteiger partial charge on any atom is 0.387 e. The van der Waals surface area contributed by atoms with Gasteiger partial charge in [0, 0.05) is 5.56 Å². The number of imidazole rings is 1. The van der Waals surface area contributed by atoms with Crippen molar-refractivity contribution in [2.24, 2.45) is 0 Å². The zero-order valence-corrected chi connectivity index (χ0v) is 9.08. The van der Waals surface area contributed by atoms with E-state index in [1.807, 2.05) is 0 Å². The van der Waals surface area contributed by atoms with Gasteiger partial charge in [0.1, 0.15) is 5.75 Å². The van der Waals surface area contributed by atoms with E-state index in [1.165, 1.54) is 6.20 Å². The molecule has 4 nitrogen and oxygen atoms in total. The van der Waals surface area contributed by atoms with E-state index in [0.29, 0.717) is 16.8 Å². The van der Waals surface area contributed by atoms with Crippen LogP contribution in [0.15, 0.2) is 24.4 Å². The molecule has 0 amide bonds. The highest BCUT2D eigenvalue weighted by atomic mass is 19.3. The lowest BCUT2D eigenvalue weighted by molar-refractivity contribution is -0.0499. The number of aromatic nitrogens is 2. The Labute approximate surface area is 96.4 Å². The Balaban J connectivity index is 2.49. The molecule has 1 aromatic carbocycles. The molecule has 0 aliphatic rings. The SMILES string of the molecule is Cc1cccc(-c2cnc(N)[nH]2)c1OC(F)F. The summed E-state index contributed by atoms with van der Waals surface area (Å²) in [4.78, 5) is 6.60. The van der Waals surface area contributed by atoms with Crippen LogP contribution in [0.1, 0.15) is 5.56 Å². The maximum atomic E-state index is 12.3. The number of aryl methyl sites for hydroxylation is 1. The van der Waals surface area contributed by atoms with Crippen LogP contribution in [-0.4, -0.2) is 16.6 Å². The van der Waals surface area contributed by atoms with Crippen LogP contribution in [0.5, 0.6) is 5.75 Å². The third kappa shape index (κ3) is 2.35. The molecule has 90 valence electrons. The van der Waals surface area contributed by atoms with Gasteiger partial charge < -0.3 is 15.5 Å². The minimum Gasteiger partial charge on any atom is -0.434 e. The fourth-order valence-electron chi connectivity index (χ4n) is 1.58. The fourth-order valence-corrected chi connectivity index (χ4v) is 1.58. The third-order valence-electron chi connectivity index (χ3n) is 2.30. The van der Waals surface area contributed by atoms with E-state index in [-0.39, 0.29) is 11.7 Å². The number of nitrogens with two attached hydrogens (primary N) is 1. The predicted octanol–water partition coefficient (Wildman–Crippen LogP) is 2.57. The first-order valence-corrected chi connectivity index (χ1v) is 4.93. The maximum absolute atomic E-state index is 12.3. The first-order valence-electron chi connectivity index (χ1n) is 4.93. The molecule has 17 heavy (non-hydrogen) atoms. The monoisotopic (exact) mass is 239 g/mol. The number of H-pyrrole nitrogens is 1. The van der Waals surface area contributed by atoms with E-state index in [4.69, 9.17) is 5.73 Å². The number of benzene rings is 1. The molecule has 0 unspecified atom stereocenters. The molecular weight excluding hydrogens is 228 g/mol. The number of hydrogen-bond acceptors (Lipinski definition) is 3. The summed E-state index contributed by atoms with van der Waals surface area (Å²) in [6, 6.07) is 5.11. The number of aromatic amines is 1. The van der Waals surface area contributed by atoms with Crippen LogP contribution >= 0.6 is 0 Å². The standard InChI is InChI=1S/C11H11F2N3O/c1-6-3-2-4-7(9(6)17-10(12)13)8-5-15-11(14)16-8/h2-5,10H,1H3,(H3,14,15,16). The van der Waals surface area contributed by atoms with Gasteiger partial charge in [-0.3, -0.25) is 0 Å². The molecule has 0 bridgehead atoms. The van der Waals surface area contributed by atoms with Gasteiger partial charge in [0.15, 0.2) is 5.95 Å². The number of hydrogen-bond donors (Lipinski definition) is 2. The van der Waals surface area contributed by atoms with Gasteiger partial charge in [-0.1, -0.05) is 12.1 Å². The quantitative estimate of drug-likeness (QED) is 0.865. The van der Waals surface area contributed by atoms with Crippen molar-refractivity contribution >= 4 is 5.95 Å². The van der Waals surface area contributed by atoms with Crippen molar-refractivity contribution < 1.29 is 13.5 Å². The molecular formula is C11H11F2N3O. The van der Waals surface area contributed by atoms with Crippen LogP contribution in [-0.2, 0) is 0 Å². The number of ether oxygens (including phenoxy) is 1. The first kappa shape index (κ1) is 11.4. The van der Waals surface area contributed by atoms with Gasteiger partial charge >= 0.3 is 6.61 Å². The molecule has 0 fully saturated rings. The first-order chi connectivity index (χ1) is 8.08. The van der Waals surface area contributed by atoms with Crippen LogP contribution in [0.3, 0.4) is 0 Å². The third-order valence-corrected chi connectivity index (χ3v) is 2.30. The van der Waals surface area contributed by atoms with E-state index in [9.17, 15) is 8.78 Å². The Morgan fingerprint density at radius 2 is 2.18 bits per heavy atom. The van der Waals surface area contributed by atoms with Gasteiger partial charge in [-0.2, -0.15) is 8.78 Å². The van der Waals surface area contributed by atoms with Crippen LogP contribution in [0, 0.1) is 6.92 Å². The Hall–Kier alpha value is -2.11. The van der Waals surface area contributed by atoms with Crippen molar-refractivity contribution in [2.75, 3.05) is 5.73 Å². The summed E-state index contributed by atoms with van der Waals surface area (Å²) in [5.41, 5.74) is 7.12. The molecule has 0 saturated carbocycles. The van der Waals surface area contributed by atoms with E-state index >= 15 is 0 Å². The Kier molecular flexibility index (Phi) is 2.95. The molecule has 1 heterocycles. The van der Waals surface area contributed by atoms with E-state index < -0.39 is 6.61 Å². The molecule has 0 spiro atoms. The summed E-state index contributed by atoms with van der Waals surface area (Å²) in [5, 5.41) is 0. The average Bonchev–Trinajstić information content (AvgIpc) is 2.67. The number of anilines is 1. The highest BCUT2D eigenvalue weighted by Gasteiger charge is 2.14.